The number of aryl methyl sites for hydroxylation is 1. The highest BCUT2D eigenvalue weighted by Crippen LogP contribution is 2.37. The second-order valence-corrected chi connectivity index (χ2v) is 8.48. The summed E-state index contributed by atoms with van der Waals surface area (Å²) in [4.78, 5) is 4.85. The topological polar surface area (TPSA) is 38.9 Å². The minimum Gasteiger partial charge on any atom is -0.397 e. The third-order valence-corrected chi connectivity index (χ3v) is 6.34. The highest BCUT2D eigenvalue weighted by atomic mass is 14.8. The SMILES string of the molecule is CCCC1C=C1CC/C(C)=C(/N)c1ccc(CC2CCCCC2)c(C)n1. The largest absolute Gasteiger partial charge is 0.397 e. The third kappa shape index (κ3) is 4.99. The molecular formula is C24H36N2. The average Bonchev–Trinajstić information content (AvgIpc) is 3.40. The van der Waals surface area contributed by atoms with Gasteiger partial charge in [0, 0.05) is 5.69 Å². The molecule has 1 heterocycles. The van der Waals surface area contributed by atoms with Crippen molar-refractivity contribution < 1.29 is 0 Å². The number of hydrogen-bond acceptors (Lipinski definition) is 2. The zero-order valence-corrected chi connectivity index (χ0v) is 17.0. The molecule has 2 nitrogen and oxygen atoms in total. The van der Waals surface area contributed by atoms with E-state index in [2.05, 4.69) is 39.0 Å². The minimum atomic E-state index is 0.786. The molecule has 0 spiro atoms. The van der Waals surface area contributed by atoms with E-state index in [-0.39, 0.29) is 0 Å². The minimum absolute atomic E-state index is 0.786. The van der Waals surface area contributed by atoms with Gasteiger partial charge in [-0.2, -0.15) is 0 Å². The standard InChI is InChI=1S/C24H36N2/c1-4-8-21-16-22(21)12-11-17(2)24(25)23-14-13-20(18(3)26-23)15-19-9-6-5-7-10-19/h13-14,16,19,21H,4-12,15,25H2,1-3H3/b24-17+. The molecular weight excluding hydrogens is 316 g/mol. The van der Waals surface area contributed by atoms with E-state index < -0.39 is 0 Å². The van der Waals surface area contributed by atoms with Crippen molar-refractivity contribution in [3.05, 3.63) is 46.3 Å². The van der Waals surface area contributed by atoms with Gasteiger partial charge in [0.1, 0.15) is 0 Å². The second kappa shape index (κ2) is 8.88. The lowest BCUT2D eigenvalue weighted by atomic mass is 9.84. The van der Waals surface area contributed by atoms with Gasteiger partial charge < -0.3 is 5.73 Å². The van der Waals surface area contributed by atoms with Crippen molar-refractivity contribution in [2.75, 3.05) is 0 Å². The van der Waals surface area contributed by atoms with Crippen LogP contribution < -0.4 is 5.73 Å². The summed E-state index contributed by atoms with van der Waals surface area (Å²) in [5, 5.41) is 0. The fourth-order valence-corrected chi connectivity index (χ4v) is 4.40. The normalized spacial score (nSPS) is 21.3. The molecule has 142 valence electrons. The third-order valence-electron chi connectivity index (χ3n) is 6.34. The van der Waals surface area contributed by atoms with Crippen molar-refractivity contribution >= 4 is 5.70 Å². The molecule has 0 saturated heterocycles. The Morgan fingerprint density at radius 2 is 1.96 bits per heavy atom. The van der Waals surface area contributed by atoms with E-state index in [1.807, 2.05) is 0 Å². The lowest BCUT2D eigenvalue weighted by molar-refractivity contribution is 0.356. The number of pyridine rings is 1. The summed E-state index contributed by atoms with van der Waals surface area (Å²) in [7, 11) is 0. The first-order chi connectivity index (χ1) is 12.6. The smallest absolute Gasteiger partial charge is 0.0861 e. The van der Waals surface area contributed by atoms with Crippen molar-refractivity contribution in [2.45, 2.75) is 85.0 Å². The summed E-state index contributed by atoms with van der Waals surface area (Å²) in [6.45, 7) is 6.58. The Hall–Kier alpha value is -1.57. The first kappa shape index (κ1) is 19.2. The highest BCUT2D eigenvalue weighted by molar-refractivity contribution is 5.63. The van der Waals surface area contributed by atoms with Gasteiger partial charge in [-0.25, -0.2) is 0 Å². The predicted molar refractivity (Wildman–Crippen MR) is 112 cm³/mol. The quantitative estimate of drug-likeness (QED) is 0.554. The van der Waals surface area contributed by atoms with Crippen LogP contribution >= 0.6 is 0 Å². The summed E-state index contributed by atoms with van der Waals surface area (Å²) < 4.78 is 0. The molecule has 1 aromatic heterocycles. The van der Waals surface area contributed by atoms with Crippen molar-refractivity contribution in [1.82, 2.24) is 4.98 Å². The van der Waals surface area contributed by atoms with Crippen molar-refractivity contribution in [3.63, 3.8) is 0 Å². The van der Waals surface area contributed by atoms with Crippen LogP contribution in [0.2, 0.25) is 0 Å². The van der Waals surface area contributed by atoms with E-state index in [0.717, 1.165) is 41.8 Å². The van der Waals surface area contributed by atoms with Crippen LogP contribution in [0.25, 0.3) is 5.70 Å². The molecule has 1 saturated carbocycles. The van der Waals surface area contributed by atoms with E-state index in [1.165, 1.54) is 62.5 Å². The molecule has 1 unspecified atom stereocenters. The molecule has 0 bridgehead atoms. The Kier molecular flexibility index (Phi) is 6.56. The van der Waals surface area contributed by atoms with Gasteiger partial charge in [0.05, 0.1) is 11.4 Å². The fourth-order valence-electron chi connectivity index (χ4n) is 4.40. The number of nitrogens with zero attached hydrogens (tertiary/aromatic N) is 1. The first-order valence-corrected chi connectivity index (χ1v) is 10.7. The first-order valence-electron chi connectivity index (χ1n) is 10.7. The number of nitrogens with two attached hydrogens (primary N) is 1. The maximum Gasteiger partial charge on any atom is 0.0861 e. The van der Waals surface area contributed by atoms with Gasteiger partial charge in [0.25, 0.3) is 0 Å². The number of allylic oxidation sites excluding steroid dienone is 3. The molecule has 2 heteroatoms. The summed E-state index contributed by atoms with van der Waals surface area (Å²) in [5.41, 5.74) is 13.8. The van der Waals surface area contributed by atoms with E-state index in [1.54, 1.807) is 5.57 Å². The van der Waals surface area contributed by atoms with Crippen molar-refractivity contribution in [3.8, 4) is 0 Å². The summed E-state index contributed by atoms with van der Waals surface area (Å²) in [6, 6.07) is 4.41. The molecule has 0 aliphatic heterocycles. The van der Waals surface area contributed by atoms with Crippen LogP contribution in [0, 0.1) is 18.8 Å². The van der Waals surface area contributed by atoms with Gasteiger partial charge in [0.15, 0.2) is 0 Å². The van der Waals surface area contributed by atoms with Crippen LogP contribution in [0.3, 0.4) is 0 Å². The van der Waals surface area contributed by atoms with E-state index in [4.69, 9.17) is 10.7 Å². The van der Waals surface area contributed by atoms with Crippen LogP contribution in [0.1, 0.15) is 88.6 Å². The van der Waals surface area contributed by atoms with Crippen LogP contribution in [0.4, 0.5) is 0 Å². The Morgan fingerprint density at radius 3 is 2.65 bits per heavy atom. The van der Waals surface area contributed by atoms with Crippen LogP contribution in [0.15, 0.2) is 29.4 Å². The molecule has 1 aromatic rings. The van der Waals surface area contributed by atoms with Gasteiger partial charge in [-0.3, -0.25) is 4.98 Å². The van der Waals surface area contributed by atoms with Crippen molar-refractivity contribution in [2.24, 2.45) is 17.6 Å². The molecule has 2 aliphatic carbocycles. The predicted octanol–water partition coefficient (Wildman–Crippen LogP) is 6.34. The van der Waals surface area contributed by atoms with Gasteiger partial charge in [-0.1, -0.05) is 63.2 Å². The maximum absolute atomic E-state index is 6.44. The van der Waals surface area contributed by atoms with Gasteiger partial charge in [0.2, 0.25) is 0 Å². The Balaban J connectivity index is 1.58. The molecule has 2 aliphatic rings. The molecule has 2 N–H and O–H groups in total. The fraction of sp³-hybridized carbons (Fsp3) is 0.625. The lowest BCUT2D eigenvalue weighted by Crippen LogP contribution is -2.11. The molecule has 1 fully saturated rings. The number of hydrogen-bond donors (Lipinski definition) is 1. The molecule has 26 heavy (non-hydrogen) atoms. The maximum atomic E-state index is 6.44. The summed E-state index contributed by atoms with van der Waals surface area (Å²) in [6.07, 6.45) is 15.4. The van der Waals surface area contributed by atoms with Gasteiger partial charge >= 0.3 is 0 Å². The lowest BCUT2D eigenvalue weighted by Gasteiger charge is -2.22. The molecule has 0 aromatic carbocycles. The zero-order chi connectivity index (χ0) is 18.5. The molecule has 1 atom stereocenters. The van der Waals surface area contributed by atoms with Crippen LogP contribution in [-0.2, 0) is 6.42 Å². The summed E-state index contributed by atoms with van der Waals surface area (Å²) >= 11 is 0. The van der Waals surface area contributed by atoms with Crippen molar-refractivity contribution in [1.29, 1.82) is 0 Å². The second-order valence-electron chi connectivity index (χ2n) is 8.48. The average molecular weight is 353 g/mol. The molecule has 0 radical (unpaired) electrons. The zero-order valence-electron chi connectivity index (χ0n) is 17.0. The van der Waals surface area contributed by atoms with Gasteiger partial charge in [-0.15, -0.1) is 0 Å². The number of aromatic nitrogens is 1. The monoisotopic (exact) mass is 352 g/mol. The number of rotatable bonds is 8. The van der Waals surface area contributed by atoms with E-state index in [0.29, 0.717) is 0 Å². The van der Waals surface area contributed by atoms with E-state index >= 15 is 0 Å². The molecule has 3 rings (SSSR count). The Morgan fingerprint density at radius 1 is 1.19 bits per heavy atom. The highest BCUT2D eigenvalue weighted by Gasteiger charge is 2.22. The van der Waals surface area contributed by atoms with Crippen LogP contribution in [-0.4, -0.2) is 4.98 Å². The molecule has 0 amide bonds. The Bertz CT molecular complexity index is 677. The van der Waals surface area contributed by atoms with Crippen LogP contribution in [0.5, 0.6) is 0 Å². The Labute approximate surface area is 160 Å². The van der Waals surface area contributed by atoms with E-state index in [9.17, 15) is 0 Å². The summed E-state index contributed by atoms with van der Waals surface area (Å²) in [5.74, 6) is 1.64. The van der Waals surface area contributed by atoms with Gasteiger partial charge in [-0.05, 0) is 68.6 Å².